The molecule has 0 spiro atoms. The van der Waals surface area contributed by atoms with Gasteiger partial charge in [0.1, 0.15) is 0 Å². The Morgan fingerprint density at radius 2 is 1.81 bits per heavy atom. The summed E-state index contributed by atoms with van der Waals surface area (Å²) in [4.78, 5) is 23.6. The molecule has 5 heteroatoms. The maximum atomic E-state index is 12.2. The highest BCUT2D eigenvalue weighted by Gasteiger charge is 2.04. The number of nitrogens with one attached hydrogen (secondary N) is 2. The molecule has 0 radical (unpaired) electrons. The quantitative estimate of drug-likeness (QED) is 0.611. The van der Waals surface area contributed by atoms with Crippen LogP contribution in [0.2, 0.25) is 0 Å². The van der Waals surface area contributed by atoms with Crippen molar-refractivity contribution in [2.24, 2.45) is 0 Å². The lowest BCUT2D eigenvalue weighted by Crippen LogP contribution is -2.17. The van der Waals surface area contributed by atoms with E-state index in [-0.39, 0.29) is 5.56 Å². The summed E-state index contributed by atoms with van der Waals surface area (Å²) in [5, 5.41) is 3.19. The lowest BCUT2D eigenvalue weighted by atomic mass is 10.1. The van der Waals surface area contributed by atoms with Crippen molar-refractivity contribution >= 4 is 5.95 Å². The normalized spacial score (nSPS) is 10.7. The monoisotopic (exact) mass is 348 g/mol. The lowest BCUT2D eigenvalue weighted by Gasteiger charge is -2.07. The SMILES string of the molecule is Cc1ccc(Cc2cnc(NCCCCc3ccccc3)[nH]c2=O)cn1. The van der Waals surface area contributed by atoms with Crippen LogP contribution in [0.4, 0.5) is 5.95 Å². The molecule has 2 aromatic heterocycles. The number of hydrogen-bond donors (Lipinski definition) is 2. The fraction of sp³-hybridized carbons (Fsp3) is 0.286. The highest BCUT2D eigenvalue weighted by molar-refractivity contribution is 5.27. The molecule has 0 fully saturated rings. The van der Waals surface area contributed by atoms with Gasteiger partial charge < -0.3 is 5.32 Å². The van der Waals surface area contributed by atoms with E-state index in [2.05, 4.69) is 44.5 Å². The molecule has 0 unspecified atom stereocenters. The van der Waals surface area contributed by atoms with Gasteiger partial charge >= 0.3 is 0 Å². The van der Waals surface area contributed by atoms with Gasteiger partial charge in [0, 0.05) is 36.6 Å². The zero-order valence-electron chi connectivity index (χ0n) is 15.0. The van der Waals surface area contributed by atoms with Gasteiger partial charge in [0.15, 0.2) is 0 Å². The van der Waals surface area contributed by atoms with E-state index in [9.17, 15) is 4.79 Å². The van der Waals surface area contributed by atoms with Gasteiger partial charge in [-0.2, -0.15) is 0 Å². The van der Waals surface area contributed by atoms with Gasteiger partial charge in [0.25, 0.3) is 5.56 Å². The minimum Gasteiger partial charge on any atom is -0.356 e. The van der Waals surface area contributed by atoms with E-state index in [0.717, 1.165) is 37.1 Å². The van der Waals surface area contributed by atoms with Crippen LogP contribution in [0, 0.1) is 6.92 Å². The number of unbranched alkanes of at least 4 members (excludes halogenated alkanes) is 1. The molecule has 0 aliphatic rings. The van der Waals surface area contributed by atoms with Crippen LogP contribution < -0.4 is 10.9 Å². The highest BCUT2D eigenvalue weighted by atomic mass is 16.1. The van der Waals surface area contributed by atoms with Crippen molar-refractivity contribution in [1.29, 1.82) is 0 Å². The van der Waals surface area contributed by atoms with Crippen LogP contribution in [0.3, 0.4) is 0 Å². The molecular weight excluding hydrogens is 324 g/mol. The third kappa shape index (κ3) is 5.28. The standard InChI is InChI=1S/C21H24N4O/c1-16-10-11-18(14-23-16)13-19-15-24-21(25-20(19)26)22-12-6-5-9-17-7-3-2-4-8-17/h2-4,7-8,10-11,14-15H,5-6,9,12-13H2,1H3,(H2,22,24,25,26). The predicted molar refractivity (Wildman–Crippen MR) is 105 cm³/mol. The first-order valence-electron chi connectivity index (χ1n) is 8.98. The molecule has 0 saturated heterocycles. The topological polar surface area (TPSA) is 70.7 Å². The lowest BCUT2D eigenvalue weighted by molar-refractivity contribution is 0.758. The summed E-state index contributed by atoms with van der Waals surface area (Å²) < 4.78 is 0. The summed E-state index contributed by atoms with van der Waals surface area (Å²) >= 11 is 0. The largest absolute Gasteiger partial charge is 0.356 e. The Morgan fingerprint density at radius 1 is 0.962 bits per heavy atom. The van der Waals surface area contributed by atoms with Crippen LogP contribution in [0.25, 0.3) is 0 Å². The Kier molecular flexibility index (Phi) is 6.14. The fourth-order valence-corrected chi connectivity index (χ4v) is 2.77. The molecule has 0 saturated carbocycles. The number of pyridine rings is 1. The summed E-state index contributed by atoms with van der Waals surface area (Å²) in [5.74, 6) is 0.528. The van der Waals surface area contributed by atoms with Gasteiger partial charge in [0.2, 0.25) is 5.95 Å². The van der Waals surface area contributed by atoms with Gasteiger partial charge in [-0.1, -0.05) is 36.4 Å². The van der Waals surface area contributed by atoms with E-state index in [4.69, 9.17) is 0 Å². The minimum absolute atomic E-state index is 0.104. The van der Waals surface area contributed by atoms with Gasteiger partial charge in [-0.15, -0.1) is 0 Å². The maximum Gasteiger partial charge on any atom is 0.255 e. The Bertz CT molecular complexity index is 873. The van der Waals surface area contributed by atoms with Crippen molar-refractivity contribution in [2.45, 2.75) is 32.6 Å². The van der Waals surface area contributed by atoms with E-state index in [1.165, 1.54) is 5.56 Å². The van der Waals surface area contributed by atoms with E-state index in [0.29, 0.717) is 17.9 Å². The molecule has 1 aromatic carbocycles. The number of rotatable bonds is 8. The number of hydrogen-bond acceptors (Lipinski definition) is 4. The fourth-order valence-electron chi connectivity index (χ4n) is 2.77. The molecule has 26 heavy (non-hydrogen) atoms. The average molecular weight is 348 g/mol. The van der Waals surface area contributed by atoms with E-state index in [1.54, 1.807) is 12.4 Å². The molecule has 0 aliphatic carbocycles. The summed E-state index contributed by atoms with van der Waals surface area (Å²) in [7, 11) is 0. The second-order valence-corrected chi connectivity index (χ2v) is 6.44. The van der Waals surface area contributed by atoms with E-state index in [1.807, 2.05) is 25.1 Å². The molecule has 3 rings (SSSR count). The van der Waals surface area contributed by atoms with Crippen molar-refractivity contribution in [3.05, 3.63) is 87.6 Å². The van der Waals surface area contributed by atoms with Gasteiger partial charge in [0.05, 0.1) is 0 Å². The molecule has 2 heterocycles. The number of aromatic nitrogens is 3. The number of H-pyrrole nitrogens is 1. The second-order valence-electron chi connectivity index (χ2n) is 6.44. The van der Waals surface area contributed by atoms with Gasteiger partial charge in [-0.3, -0.25) is 14.8 Å². The number of nitrogens with zero attached hydrogens (tertiary/aromatic N) is 2. The molecule has 0 aliphatic heterocycles. The Balaban J connectivity index is 1.46. The van der Waals surface area contributed by atoms with Crippen molar-refractivity contribution in [3.63, 3.8) is 0 Å². The Morgan fingerprint density at radius 3 is 2.54 bits per heavy atom. The van der Waals surface area contributed by atoms with Crippen LogP contribution in [-0.2, 0) is 12.8 Å². The van der Waals surface area contributed by atoms with Crippen molar-refractivity contribution in [2.75, 3.05) is 11.9 Å². The highest BCUT2D eigenvalue weighted by Crippen LogP contribution is 2.07. The molecule has 2 N–H and O–H groups in total. The van der Waals surface area contributed by atoms with E-state index < -0.39 is 0 Å². The van der Waals surface area contributed by atoms with Crippen LogP contribution >= 0.6 is 0 Å². The Hall–Kier alpha value is -2.95. The zero-order valence-corrected chi connectivity index (χ0v) is 15.0. The molecule has 0 atom stereocenters. The first-order chi connectivity index (χ1) is 12.7. The molecule has 0 bridgehead atoms. The zero-order chi connectivity index (χ0) is 18.2. The molecule has 5 nitrogen and oxygen atoms in total. The van der Waals surface area contributed by atoms with Crippen molar-refractivity contribution in [3.8, 4) is 0 Å². The first kappa shape index (κ1) is 17.9. The smallest absolute Gasteiger partial charge is 0.255 e. The number of aromatic amines is 1. The number of aryl methyl sites for hydroxylation is 2. The first-order valence-corrected chi connectivity index (χ1v) is 8.98. The van der Waals surface area contributed by atoms with Crippen molar-refractivity contribution in [1.82, 2.24) is 15.0 Å². The Labute approximate surface area is 153 Å². The van der Waals surface area contributed by atoms with Gasteiger partial charge in [-0.05, 0) is 43.4 Å². The summed E-state index contributed by atoms with van der Waals surface area (Å²) in [6.07, 6.45) is 7.16. The predicted octanol–water partition coefficient (Wildman–Crippen LogP) is 3.50. The third-order valence-electron chi connectivity index (χ3n) is 4.27. The number of benzene rings is 1. The molecular formula is C21H24N4O. The van der Waals surface area contributed by atoms with Crippen molar-refractivity contribution < 1.29 is 0 Å². The van der Waals surface area contributed by atoms with Crippen LogP contribution in [0.15, 0.2) is 59.7 Å². The summed E-state index contributed by atoms with van der Waals surface area (Å²) in [6, 6.07) is 14.4. The van der Waals surface area contributed by atoms with E-state index >= 15 is 0 Å². The average Bonchev–Trinajstić information content (AvgIpc) is 2.66. The second kappa shape index (κ2) is 8.94. The minimum atomic E-state index is -0.104. The van der Waals surface area contributed by atoms with Gasteiger partial charge in [-0.25, -0.2) is 4.98 Å². The summed E-state index contributed by atoms with van der Waals surface area (Å²) in [6.45, 7) is 2.73. The molecule has 134 valence electrons. The molecule has 0 amide bonds. The van der Waals surface area contributed by atoms with Crippen LogP contribution in [0.1, 0.15) is 35.2 Å². The maximum absolute atomic E-state index is 12.2. The molecule has 3 aromatic rings. The summed E-state index contributed by atoms with van der Waals surface area (Å²) in [5.41, 5.74) is 3.86. The number of anilines is 1. The van der Waals surface area contributed by atoms with Crippen LogP contribution in [-0.4, -0.2) is 21.5 Å². The van der Waals surface area contributed by atoms with Crippen LogP contribution in [0.5, 0.6) is 0 Å². The third-order valence-corrected chi connectivity index (χ3v) is 4.27.